The molecule has 9 heteroatoms. The number of aliphatic hydroxyl groups is 2. The van der Waals surface area contributed by atoms with Crippen LogP contribution in [0.1, 0.15) is 25.6 Å². The molecular formula is C16H21FN4O4. The summed E-state index contributed by atoms with van der Waals surface area (Å²) in [6.07, 6.45) is 0.882. The van der Waals surface area contributed by atoms with E-state index in [-0.39, 0.29) is 0 Å². The van der Waals surface area contributed by atoms with Crippen LogP contribution in [-0.2, 0) is 9.57 Å². The third-order valence-corrected chi connectivity index (χ3v) is 4.32. The van der Waals surface area contributed by atoms with Crippen molar-refractivity contribution in [3.05, 3.63) is 24.7 Å². The van der Waals surface area contributed by atoms with E-state index >= 15 is 4.39 Å². The lowest BCUT2D eigenvalue weighted by atomic mass is 9.98. The van der Waals surface area contributed by atoms with Crippen LogP contribution in [0.15, 0.2) is 19.1 Å². The van der Waals surface area contributed by atoms with Crippen molar-refractivity contribution in [2.24, 2.45) is 0 Å². The van der Waals surface area contributed by atoms with Crippen LogP contribution in [0.3, 0.4) is 0 Å². The molecule has 1 aliphatic rings. The molecule has 3 heterocycles. The van der Waals surface area contributed by atoms with E-state index in [0.29, 0.717) is 29.0 Å². The van der Waals surface area contributed by atoms with Gasteiger partial charge in [0.25, 0.3) is 0 Å². The quantitative estimate of drug-likeness (QED) is 0.676. The highest BCUT2D eigenvalue weighted by molar-refractivity contribution is 5.95. The molecule has 136 valence electrons. The zero-order valence-electron chi connectivity index (χ0n) is 14.0. The van der Waals surface area contributed by atoms with Gasteiger partial charge in [-0.15, -0.1) is 0 Å². The molecule has 0 unspecified atom stereocenters. The molecule has 2 aromatic rings. The van der Waals surface area contributed by atoms with Crippen LogP contribution in [0.2, 0.25) is 0 Å². The van der Waals surface area contributed by atoms with Crippen LogP contribution in [-0.4, -0.2) is 55.8 Å². The zero-order chi connectivity index (χ0) is 18.2. The lowest BCUT2D eigenvalue weighted by molar-refractivity contribution is -0.0564. The summed E-state index contributed by atoms with van der Waals surface area (Å²) < 4.78 is 22.1. The lowest BCUT2D eigenvalue weighted by Crippen LogP contribution is -2.40. The summed E-state index contributed by atoms with van der Waals surface area (Å²) in [6.45, 7) is 6.75. The van der Waals surface area contributed by atoms with Crippen molar-refractivity contribution >= 4 is 22.9 Å². The van der Waals surface area contributed by atoms with Gasteiger partial charge in [-0.3, -0.25) is 4.84 Å². The molecular weight excluding hydrogens is 331 g/mol. The van der Waals surface area contributed by atoms with Gasteiger partial charge in [0.05, 0.1) is 18.6 Å². The summed E-state index contributed by atoms with van der Waals surface area (Å²) in [4.78, 5) is 13.6. The normalized spacial score (nSPS) is 29.2. The van der Waals surface area contributed by atoms with Gasteiger partial charge in [0.15, 0.2) is 17.7 Å². The third-order valence-electron chi connectivity index (χ3n) is 4.32. The standard InChI is InChI=1S/C16H21FN4O4/c1-4-9-6-21(15-16(3,17)12(23)10(7-22)25-15)14-11(9)13(18-8-19-14)20-24-5-2/h4,6,8,10,12,15,22-23H,1,5,7H2,2-3H3,(H,18,19,20)/t10-,12-,15-,16-/m1/s1. The average Bonchev–Trinajstić information content (AvgIpc) is 3.09. The molecule has 0 bridgehead atoms. The first-order valence-corrected chi connectivity index (χ1v) is 7.94. The van der Waals surface area contributed by atoms with Gasteiger partial charge in [-0.25, -0.2) is 19.8 Å². The molecule has 8 nitrogen and oxygen atoms in total. The topological polar surface area (TPSA) is 102 Å². The molecule has 4 atom stereocenters. The Labute approximate surface area is 143 Å². The Kier molecular flexibility index (Phi) is 4.74. The fourth-order valence-corrected chi connectivity index (χ4v) is 3.03. The fourth-order valence-electron chi connectivity index (χ4n) is 3.03. The summed E-state index contributed by atoms with van der Waals surface area (Å²) in [5.41, 5.74) is 1.66. The van der Waals surface area contributed by atoms with Gasteiger partial charge in [0.1, 0.15) is 24.2 Å². The molecule has 1 fully saturated rings. The van der Waals surface area contributed by atoms with E-state index in [1.54, 1.807) is 12.3 Å². The Balaban J connectivity index is 2.13. The Morgan fingerprint density at radius 1 is 1.56 bits per heavy atom. The second-order valence-electron chi connectivity index (χ2n) is 5.96. The predicted octanol–water partition coefficient (Wildman–Crippen LogP) is 1.42. The monoisotopic (exact) mass is 352 g/mol. The van der Waals surface area contributed by atoms with E-state index in [2.05, 4.69) is 22.0 Å². The summed E-state index contributed by atoms with van der Waals surface area (Å²) in [6, 6.07) is 0. The van der Waals surface area contributed by atoms with Crippen LogP contribution in [0.4, 0.5) is 10.2 Å². The highest BCUT2D eigenvalue weighted by Gasteiger charge is 2.55. The van der Waals surface area contributed by atoms with Crippen molar-refractivity contribution in [2.45, 2.75) is 38.0 Å². The summed E-state index contributed by atoms with van der Waals surface area (Å²) in [5, 5.41) is 20.0. The molecule has 0 aliphatic carbocycles. The minimum absolute atomic E-state index is 0.395. The van der Waals surface area contributed by atoms with Gasteiger partial charge in [-0.2, -0.15) is 0 Å². The second kappa shape index (κ2) is 6.68. The highest BCUT2D eigenvalue weighted by Crippen LogP contribution is 2.43. The summed E-state index contributed by atoms with van der Waals surface area (Å²) >= 11 is 0. The first kappa shape index (κ1) is 17.7. The SMILES string of the molecule is C=Cc1cn([C@@H]2O[C@H](CO)[C@@H](O)[C@@]2(C)F)c2ncnc(NOCC)c12. The van der Waals surface area contributed by atoms with Crippen molar-refractivity contribution in [3.63, 3.8) is 0 Å². The number of rotatable bonds is 6. The van der Waals surface area contributed by atoms with Crippen LogP contribution >= 0.6 is 0 Å². The van der Waals surface area contributed by atoms with Crippen LogP contribution in [0, 0.1) is 0 Å². The van der Waals surface area contributed by atoms with E-state index < -0.39 is 30.7 Å². The minimum atomic E-state index is -2.11. The minimum Gasteiger partial charge on any atom is -0.394 e. The first-order valence-electron chi connectivity index (χ1n) is 7.94. The average molecular weight is 352 g/mol. The van der Waals surface area contributed by atoms with Gasteiger partial charge in [-0.05, 0) is 13.8 Å². The van der Waals surface area contributed by atoms with Gasteiger partial charge in [-0.1, -0.05) is 12.7 Å². The fraction of sp³-hybridized carbons (Fsp3) is 0.500. The van der Waals surface area contributed by atoms with E-state index in [4.69, 9.17) is 9.57 Å². The van der Waals surface area contributed by atoms with Gasteiger partial charge >= 0.3 is 0 Å². The molecule has 1 aliphatic heterocycles. The van der Waals surface area contributed by atoms with E-state index in [0.717, 1.165) is 0 Å². The Bertz CT molecular complexity index is 779. The molecule has 0 radical (unpaired) electrons. The number of nitrogens with one attached hydrogen (secondary N) is 1. The maximum Gasteiger partial charge on any atom is 0.181 e. The summed E-state index contributed by atoms with van der Waals surface area (Å²) in [5.74, 6) is 0.415. The molecule has 3 N–H and O–H groups in total. The maximum atomic E-state index is 15.1. The molecule has 1 saturated heterocycles. The molecule has 0 aromatic carbocycles. The van der Waals surface area contributed by atoms with Crippen molar-refractivity contribution in [1.82, 2.24) is 14.5 Å². The van der Waals surface area contributed by atoms with Crippen molar-refractivity contribution in [3.8, 4) is 0 Å². The number of hydrogen-bond donors (Lipinski definition) is 3. The molecule has 25 heavy (non-hydrogen) atoms. The van der Waals surface area contributed by atoms with E-state index in [1.807, 2.05) is 6.92 Å². The van der Waals surface area contributed by atoms with Crippen molar-refractivity contribution < 1.29 is 24.2 Å². The molecule has 0 amide bonds. The van der Waals surface area contributed by atoms with Gasteiger partial charge < -0.3 is 19.5 Å². The third kappa shape index (κ3) is 2.78. The number of nitrogens with zero attached hydrogens (tertiary/aromatic N) is 3. The number of aliphatic hydroxyl groups excluding tert-OH is 2. The van der Waals surface area contributed by atoms with Gasteiger partial charge in [0.2, 0.25) is 0 Å². The number of alkyl halides is 1. The number of aromatic nitrogens is 3. The number of hydrogen-bond acceptors (Lipinski definition) is 7. The predicted molar refractivity (Wildman–Crippen MR) is 89.4 cm³/mol. The summed E-state index contributed by atoms with van der Waals surface area (Å²) in [7, 11) is 0. The number of halogens is 1. The second-order valence-corrected chi connectivity index (χ2v) is 5.96. The van der Waals surface area contributed by atoms with Gasteiger partial charge in [0, 0.05) is 11.8 Å². The zero-order valence-corrected chi connectivity index (χ0v) is 14.0. The van der Waals surface area contributed by atoms with Crippen LogP contribution in [0.5, 0.6) is 0 Å². The maximum absolute atomic E-state index is 15.1. The Morgan fingerprint density at radius 2 is 2.32 bits per heavy atom. The molecule has 0 spiro atoms. The molecule has 0 saturated carbocycles. The largest absolute Gasteiger partial charge is 0.394 e. The number of fused-ring (bicyclic) bond motifs is 1. The van der Waals surface area contributed by atoms with Crippen LogP contribution in [0.25, 0.3) is 17.1 Å². The van der Waals surface area contributed by atoms with Crippen LogP contribution < -0.4 is 5.48 Å². The molecule has 3 rings (SSSR count). The number of anilines is 1. The Morgan fingerprint density at radius 3 is 2.92 bits per heavy atom. The van der Waals surface area contributed by atoms with Crippen molar-refractivity contribution in [2.75, 3.05) is 18.7 Å². The van der Waals surface area contributed by atoms with E-state index in [9.17, 15) is 10.2 Å². The smallest absolute Gasteiger partial charge is 0.181 e. The number of ether oxygens (including phenoxy) is 1. The Hall–Kier alpha value is -2.07. The van der Waals surface area contributed by atoms with Crippen molar-refractivity contribution in [1.29, 1.82) is 0 Å². The first-order chi connectivity index (χ1) is 12.0. The molecule has 2 aromatic heterocycles. The van der Waals surface area contributed by atoms with E-state index in [1.165, 1.54) is 17.8 Å². The highest BCUT2D eigenvalue weighted by atomic mass is 19.1. The lowest BCUT2D eigenvalue weighted by Gasteiger charge is -2.25.